The smallest absolute Gasteiger partial charge is 0.327 e. The molecule has 0 aromatic carbocycles. The second-order valence-electron chi connectivity index (χ2n) is 3.76. The molecule has 1 aliphatic heterocycles. The molecule has 1 saturated heterocycles. The minimum atomic E-state index is -0.496. The van der Waals surface area contributed by atoms with Gasteiger partial charge in [0.05, 0.1) is 18.8 Å². The molecule has 0 spiro atoms. The molecule has 0 N–H and O–H groups in total. The van der Waals surface area contributed by atoms with Crippen LogP contribution in [-0.2, 0) is 20.9 Å². The molecular weight excluding hydrogens is 208 g/mol. The van der Waals surface area contributed by atoms with Crippen LogP contribution in [0, 0.1) is 6.92 Å². The number of aromatic nitrogens is 1. The van der Waals surface area contributed by atoms with Crippen LogP contribution in [-0.4, -0.2) is 34.9 Å². The first-order valence-electron chi connectivity index (χ1n) is 5.01. The van der Waals surface area contributed by atoms with Gasteiger partial charge in [0.2, 0.25) is 0 Å². The Kier molecular flexibility index (Phi) is 2.96. The molecule has 0 radical (unpaired) electrons. The lowest BCUT2D eigenvalue weighted by Gasteiger charge is -2.24. The summed E-state index contributed by atoms with van der Waals surface area (Å²) in [5.41, 5.74) is 1.93. The molecular formula is C11H12N2O3. The Morgan fingerprint density at radius 1 is 1.38 bits per heavy atom. The van der Waals surface area contributed by atoms with Crippen LogP contribution < -0.4 is 0 Å². The normalized spacial score (nSPS) is 17.3. The quantitative estimate of drug-likeness (QED) is 0.529. The van der Waals surface area contributed by atoms with Crippen molar-refractivity contribution in [2.75, 3.05) is 13.1 Å². The molecule has 0 unspecified atom stereocenters. The molecule has 0 aliphatic carbocycles. The van der Waals surface area contributed by atoms with Crippen LogP contribution in [0.2, 0.25) is 0 Å². The highest BCUT2D eigenvalue weighted by molar-refractivity contribution is 5.90. The first-order chi connectivity index (χ1) is 7.65. The Hall–Kier alpha value is -1.75. The molecule has 16 heavy (non-hydrogen) atoms. The summed E-state index contributed by atoms with van der Waals surface area (Å²) in [6.07, 6.45) is 1.70. The average Bonchev–Trinajstić information content (AvgIpc) is 2.20. The summed E-state index contributed by atoms with van der Waals surface area (Å²) >= 11 is 0. The van der Waals surface area contributed by atoms with Crippen molar-refractivity contribution in [2.24, 2.45) is 0 Å². The monoisotopic (exact) mass is 220 g/mol. The molecule has 5 heteroatoms. The van der Waals surface area contributed by atoms with Gasteiger partial charge in [0.1, 0.15) is 0 Å². The highest BCUT2D eigenvalue weighted by atomic mass is 16.6. The number of aryl methyl sites for hydroxylation is 1. The van der Waals surface area contributed by atoms with Crippen molar-refractivity contribution in [1.29, 1.82) is 0 Å². The van der Waals surface area contributed by atoms with E-state index in [1.165, 1.54) is 0 Å². The Bertz CT molecular complexity index is 415. The zero-order valence-corrected chi connectivity index (χ0v) is 8.97. The first kappa shape index (κ1) is 10.8. The third-order valence-corrected chi connectivity index (χ3v) is 2.42. The van der Waals surface area contributed by atoms with Crippen molar-refractivity contribution in [3.8, 4) is 0 Å². The molecule has 1 aromatic rings. The maximum absolute atomic E-state index is 11.1. The summed E-state index contributed by atoms with van der Waals surface area (Å²) in [5, 5.41) is 0. The first-order valence-corrected chi connectivity index (χ1v) is 5.01. The Morgan fingerprint density at radius 3 is 2.69 bits per heavy atom. The predicted octanol–water partition coefficient (Wildman–Crippen LogP) is 0.275. The molecule has 0 bridgehead atoms. The van der Waals surface area contributed by atoms with Gasteiger partial charge in [0.15, 0.2) is 0 Å². The lowest BCUT2D eigenvalue weighted by atomic mass is 10.2. The number of ether oxygens (including phenoxy) is 1. The maximum atomic E-state index is 11.1. The fraction of sp³-hybridized carbons (Fsp3) is 0.364. The lowest BCUT2D eigenvalue weighted by Crippen LogP contribution is -2.42. The number of carbonyl (C=O) groups is 2. The molecule has 2 rings (SSSR count). The molecule has 1 aromatic heterocycles. The number of esters is 2. The summed E-state index contributed by atoms with van der Waals surface area (Å²) in [5.74, 6) is -0.991. The zero-order chi connectivity index (χ0) is 11.5. The topological polar surface area (TPSA) is 59.5 Å². The second-order valence-corrected chi connectivity index (χ2v) is 3.76. The van der Waals surface area contributed by atoms with Crippen LogP contribution >= 0.6 is 0 Å². The molecule has 0 atom stereocenters. The van der Waals surface area contributed by atoms with Crippen LogP contribution in [0.3, 0.4) is 0 Å². The summed E-state index contributed by atoms with van der Waals surface area (Å²) in [7, 11) is 0. The van der Waals surface area contributed by atoms with E-state index in [2.05, 4.69) is 9.72 Å². The number of cyclic esters (lactones) is 2. The van der Waals surface area contributed by atoms with Crippen LogP contribution in [0.1, 0.15) is 11.3 Å². The van der Waals surface area contributed by atoms with E-state index in [0.29, 0.717) is 6.54 Å². The third kappa shape index (κ3) is 2.43. The zero-order valence-electron chi connectivity index (χ0n) is 8.97. The minimum absolute atomic E-state index is 0.141. The second kappa shape index (κ2) is 4.40. The SMILES string of the molecule is Cc1cccnc1CN1CC(=O)OC(=O)C1. The van der Waals surface area contributed by atoms with Gasteiger partial charge in [-0.3, -0.25) is 19.5 Å². The fourth-order valence-electron chi connectivity index (χ4n) is 1.62. The van der Waals surface area contributed by atoms with E-state index in [0.717, 1.165) is 11.3 Å². The number of rotatable bonds is 2. The third-order valence-electron chi connectivity index (χ3n) is 2.42. The van der Waals surface area contributed by atoms with Gasteiger partial charge in [-0.25, -0.2) is 0 Å². The molecule has 2 heterocycles. The van der Waals surface area contributed by atoms with Crippen molar-refractivity contribution < 1.29 is 14.3 Å². The van der Waals surface area contributed by atoms with Gasteiger partial charge in [-0.05, 0) is 18.6 Å². The van der Waals surface area contributed by atoms with E-state index >= 15 is 0 Å². The van der Waals surface area contributed by atoms with Gasteiger partial charge in [0, 0.05) is 12.7 Å². The average molecular weight is 220 g/mol. The van der Waals surface area contributed by atoms with E-state index in [1.54, 1.807) is 11.1 Å². The number of hydrogen-bond donors (Lipinski definition) is 0. The molecule has 0 saturated carbocycles. The molecule has 5 nitrogen and oxygen atoms in total. The minimum Gasteiger partial charge on any atom is -0.391 e. The number of morpholine rings is 1. The van der Waals surface area contributed by atoms with Gasteiger partial charge < -0.3 is 4.74 Å². The van der Waals surface area contributed by atoms with Crippen molar-refractivity contribution in [1.82, 2.24) is 9.88 Å². The van der Waals surface area contributed by atoms with Crippen molar-refractivity contribution in [3.05, 3.63) is 29.6 Å². The number of pyridine rings is 1. The van der Waals surface area contributed by atoms with E-state index in [-0.39, 0.29) is 13.1 Å². The highest BCUT2D eigenvalue weighted by Gasteiger charge is 2.25. The number of hydrogen-bond acceptors (Lipinski definition) is 5. The Balaban J connectivity index is 2.07. The van der Waals surface area contributed by atoms with Gasteiger partial charge >= 0.3 is 11.9 Å². The largest absolute Gasteiger partial charge is 0.391 e. The van der Waals surface area contributed by atoms with Gasteiger partial charge in [-0.15, -0.1) is 0 Å². The fourth-order valence-corrected chi connectivity index (χ4v) is 1.62. The van der Waals surface area contributed by atoms with Crippen LogP contribution in [0.4, 0.5) is 0 Å². The van der Waals surface area contributed by atoms with E-state index in [9.17, 15) is 9.59 Å². The number of nitrogens with zero attached hydrogens (tertiary/aromatic N) is 2. The summed E-state index contributed by atoms with van der Waals surface area (Å²) < 4.78 is 4.44. The Morgan fingerprint density at radius 2 is 2.06 bits per heavy atom. The van der Waals surface area contributed by atoms with Crippen LogP contribution in [0.5, 0.6) is 0 Å². The Labute approximate surface area is 93.0 Å². The summed E-state index contributed by atoms with van der Waals surface area (Å²) in [6.45, 7) is 2.73. The van der Waals surface area contributed by atoms with E-state index in [1.807, 2.05) is 19.1 Å². The van der Waals surface area contributed by atoms with Crippen molar-refractivity contribution >= 4 is 11.9 Å². The molecule has 0 amide bonds. The van der Waals surface area contributed by atoms with Crippen molar-refractivity contribution in [3.63, 3.8) is 0 Å². The van der Waals surface area contributed by atoms with Crippen LogP contribution in [0.15, 0.2) is 18.3 Å². The molecule has 1 fully saturated rings. The van der Waals surface area contributed by atoms with Crippen molar-refractivity contribution in [2.45, 2.75) is 13.5 Å². The number of carbonyl (C=O) groups excluding carboxylic acids is 2. The van der Waals surface area contributed by atoms with Crippen LogP contribution in [0.25, 0.3) is 0 Å². The van der Waals surface area contributed by atoms with Gasteiger partial charge in [-0.1, -0.05) is 6.07 Å². The molecule has 84 valence electrons. The summed E-state index contributed by atoms with van der Waals surface area (Å²) in [4.78, 5) is 28.1. The van der Waals surface area contributed by atoms with E-state index < -0.39 is 11.9 Å². The molecule has 1 aliphatic rings. The van der Waals surface area contributed by atoms with Gasteiger partial charge in [0.25, 0.3) is 0 Å². The van der Waals surface area contributed by atoms with Gasteiger partial charge in [-0.2, -0.15) is 0 Å². The lowest BCUT2D eigenvalue weighted by molar-refractivity contribution is -0.167. The highest BCUT2D eigenvalue weighted by Crippen LogP contribution is 2.09. The van der Waals surface area contributed by atoms with E-state index in [4.69, 9.17) is 0 Å². The maximum Gasteiger partial charge on any atom is 0.327 e. The standard InChI is InChI=1S/C11H12N2O3/c1-8-3-2-4-12-9(8)5-13-6-10(14)16-11(15)7-13/h2-4H,5-7H2,1H3. The summed E-state index contributed by atoms with van der Waals surface area (Å²) in [6, 6.07) is 3.81. The predicted molar refractivity (Wildman–Crippen MR) is 55.4 cm³/mol.